The Morgan fingerprint density at radius 3 is 2.68 bits per heavy atom. The summed E-state index contributed by atoms with van der Waals surface area (Å²) in [4.78, 5) is 16.0. The van der Waals surface area contributed by atoms with Crippen LogP contribution in [-0.2, 0) is 0 Å². The Labute approximate surface area is 128 Å². The third kappa shape index (κ3) is 3.60. The number of nitrogens with one attached hydrogen (secondary N) is 1. The van der Waals surface area contributed by atoms with Gasteiger partial charge in [0, 0.05) is 17.5 Å². The number of carbonyl (C=O) groups is 1. The summed E-state index contributed by atoms with van der Waals surface area (Å²) in [5.41, 5.74) is 4.44. The van der Waals surface area contributed by atoms with Crippen LogP contribution < -0.4 is 14.9 Å². The van der Waals surface area contributed by atoms with E-state index in [4.69, 9.17) is 9.47 Å². The fourth-order valence-corrected chi connectivity index (χ4v) is 1.84. The van der Waals surface area contributed by atoms with E-state index in [0.717, 1.165) is 5.69 Å². The molecule has 6 nitrogen and oxygen atoms in total. The topological polar surface area (TPSA) is 72.8 Å². The molecule has 114 valence electrons. The number of benzene rings is 1. The molecule has 0 saturated carbocycles. The highest BCUT2D eigenvalue weighted by Gasteiger charge is 2.08. The summed E-state index contributed by atoms with van der Waals surface area (Å²) in [6.07, 6.45) is 3.01. The second-order valence-electron chi connectivity index (χ2n) is 4.47. The molecule has 1 heterocycles. The zero-order chi connectivity index (χ0) is 15.9. The van der Waals surface area contributed by atoms with E-state index in [0.29, 0.717) is 22.6 Å². The number of hydrogen-bond donors (Lipinski definition) is 1. The summed E-state index contributed by atoms with van der Waals surface area (Å²) < 4.78 is 10.5. The quantitative estimate of drug-likeness (QED) is 0.678. The number of hydrogen-bond acceptors (Lipinski definition) is 5. The van der Waals surface area contributed by atoms with Gasteiger partial charge in [-0.05, 0) is 31.2 Å². The van der Waals surface area contributed by atoms with Crippen molar-refractivity contribution in [2.45, 2.75) is 6.92 Å². The van der Waals surface area contributed by atoms with Crippen molar-refractivity contribution in [2.24, 2.45) is 5.10 Å². The zero-order valence-corrected chi connectivity index (χ0v) is 12.7. The average Bonchev–Trinajstić information content (AvgIpc) is 2.55. The first-order valence-electron chi connectivity index (χ1n) is 6.62. The van der Waals surface area contributed by atoms with Crippen molar-refractivity contribution in [3.05, 3.63) is 53.3 Å². The van der Waals surface area contributed by atoms with Crippen LogP contribution in [0.2, 0.25) is 0 Å². The van der Waals surface area contributed by atoms with Gasteiger partial charge in [-0.25, -0.2) is 5.43 Å². The highest BCUT2D eigenvalue weighted by molar-refractivity contribution is 5.94. The van der Waals surface area contributed by atoms with E-state index in [-0.39, 0.29) is 5.91 Å². The highest BCUT2D eigenvalue weighted by Crippen LogP contribution is 2.29. The van der Waals surface area contributed by atoms with Gasteiger partial charge in [0.1, 0.15) is 0 Å². The minimum Gasteiger partial charge on any atom is -0.493 e. The van der Waals surface area contributed by atoms with E-state index in [1.54, 1.807) is 32.4 Å². The Kier molecular flexibility index (Phi) is 5.08. The molecule has 1 N–H and O–H groups in total. The Hall–Kier alpha value is -2.89. The Balaban J connectivity index is 2.09. The number of methoxy groups -OCH3 is 2. The summed E-state index contributed by atoms with van der Waals surface area (Å²) in [7, 11) is 3.11. The van der Waals surface area contributed by atoms with Gasteiger partial charge >= 0.3 is 0 Å². The predicted molar refractivity (Wildman–Crippen MR) is 83.6 cm³/mol. The van der Waals surface area contributed by atoms with E-state index < -0.39 is 0 Å². The molecule has 0 aliphatic heterocycles. The monoisotopic (exact) mass is 299 g/mol. The van der Waals surface area contributed by atoms with Crippen molar-refractivity contribution >= 4 is 12.1 Å². The largest absolute Gasteiger partial charge is 0.493 e. The normalized spacial score (nSPS) is 10.5. The molecular formula is C16H17N3O3. The molecular weight excluding hydrogens is 282 g/mol. The van der Waals surface area contributed by atoms with Gasteiger partial charge < -0.3 is 9.47 Å². The summed E-state index contributed by atoms with van der Waals surface area (Å²) in [6.45, 7) is 1.86. The maximum Gasteiger partial charge on any atom is 0.272 e. The van der Waals surface area contributed by atoms with Crippen LogP contribution >= 0.6 is 0 Å². The summed E-state index contributed by atoms with van der Waals surface area (Å²) in [5.74, 6) is 0.825. The van der Waals surface area contributed by atoms with Crippen molar-refractivity contribution in [1.82, 2.24) is 10.4 Å². The van der Waals surface area contributed by atoms with Crippen molar-refractivity contribution in [1.29, 1.82) is 0 Å². The van der Waals surface area contributed by atoms with Crippen molar-refractivity contribution < 1.29 is 14.3 Å². The molecule has 0 saturated heterocycles. The fraction of sp³-hybridized carbons (Fsp3) is 0.188. The van der Waals surface area contributed by atoms with Crippen LogP contribution in [0.4, 0.5) is 0 Å². The van der Waals surface area contributed by atoms with Gasteiger partial charge in [-0.3, -0.25) is 9.78 Å². The van der Waals surface area contributed by atoms with Gasteiger partial charge in [-0.2, -0.15) is 5.10 Å². The molecule has 1 amide bonds. The van der Waals surface area contributed by atoms with E-state index in [9.17, 15) is 4.79 Å². The number of carbonyl (C=O) groups excluding carboxylic acids is 1. The Morgan fingerprint density at radius 2 is 2.05 bits per heavy atom. The number of ether oxygens (including phenoxy) is 2. The highest BCUT2D eigenvalue weighted by atomic mass is 16.5. The van der Waals surface area contributed by atoms with Crippen LogP contribution in [0.25, 0.3) is 0 Å². The number of rotatable bonds is 5. The summed E-state index contributed by atoms with van der Waals surface area (Å²) in [6, 6.07) is 8.87. The number of nitrogens with zero attached hydrogens (tertiary/aromatic N) is 2. The summed E-state index contributed by atoms with van der Waals surface area (Å²) in [5, 5.41) is 3.94. The first-order chi connectivity index (χ1) is 10.7. The molecule has 2 rings (SSSR count). The summed E-state index contributed by atoms with van der Waals surface area (Å²) >= 11 is 0. The number of amides is 1. The molecule has 0 radical (unpaired) electrons. The number of aryl methyl sites for hydroxylation is 1. The number of hydrazone groups is 1. The van der Waals surface area contributed by atoms with Crippen LogP contribution in [-0.4, -0.2) is 31.3 Å². The third-order valence-corrected chi connectivity index (χ3v) is 2.98. The van der Waals surface area contributed by atoms with Crippen LogP contribution in [0.15, 0.2) is 41.6 Å². The average molecular weight is 299 g/mol. The molecule has 0 bridgehead atoms. The van der Waals surface area contributed by atoms with Crippen LogP contribution in [0.3, 0.4) is 0 Å². The second kappa shape index (κ2) is 7.21. The van der Waals surface area contributed by atoms with Crippen molar-refractivity contribution in [3.8, 4) is 11.5 Å². The molecule has 6 heteroatoms. The standard InChI is InChI=1S/C16H17N3O3/c1-11-7-8-13(9-17-11)16(20)19-18-10-12-5-4-6-14(21-2)15(12)22-3/h4-10H,1-3H3,(H,19,20)/b18-10+. The number of para-hydroxylation sites is 1. The lowest BCUT2D eigenvalue weighted by Gasteiger charge is -2.09. The lowest BCUT2D eigenvalue weighted by Crippen LogP contribution is -2.17. The maximum atomic E-state index is 11.9. The Bertz CT molecular complexity index is 682. The first kappa shape index (κ1) is 15.5. The predicted octanol–water partition coefficient (Wildman–Crippen LogP) is 2.17. The first-order valence-corrected chi connectivity index (χ1v) is 6.62. The molecule has 0 aliphatic rings. The number of pyridine rings is 1. The lowest BCUT2D eigenvalue weighted by atomic mass is 10.2. The number of aromatic nitrogens is 1. The van der Waals surface area contributed by atoms with E-state index >= 15 is 0 Å². The van der Waals surface area contributed by atoms with Crippen LogP contribution in [0.5, 0.6) is 11.5 Å². The van der Waals surface area contributed by atoms with Gasteiger partial charge in [-0.15, -0.1) is 0 Å². The van der Waals surface area contributed by atoms with Gasteiger partial charge in [0.25, 0.3) is 5.91 Å². The van der Waals surface area contributed by atoms with E-state index in [2.05, 4.69) is 15.5 Å². The fourth-order valence-electron chi connectivity index (χ4n) is 1.84. The van der Waals surface area contributed by atoms with Gasteiger partial charge in [-0.1, -0.05) is 6.07 Å². The maximum absolute atomic E-state index is 11.9. The van der Waals surface area contributed by atoms with E-state index in [1.807, 2.05) is 19.1 Å². The smallest absolute Gasteiger partial charge is 0.272 e. The molecule has 0 fully saturated rings. The Morgan fingerprint density at radius 1 is 1.23 bits per heavy atom. The van der Waals surface area contributed by atoms with Gasteiger partial charge in [0.15, 0.2) is 11.5 Å². The molecule has 0 unspecified atom stereocenters. The van der Waals surface area contributed by atoms with Crippen molar-refractivity contribution in [2.75, 3.05) is 14.2 Å². The molecule has 2 aromatic rings. The zero-order valence-electron chi connectivity index (χ0n) is 12.7. The molecule has 0 aliphatic carbocycles. The lowest BCUT2D eigenvalue weighted by molar-refractivity contribution is 0.0955. The molecule has 22 heavy (non-hydrogen) atoms. The third-order valence-electron chi connectivity index (χ3n) is 2.98. The molecule has 0 atom stereocenters. The van der Waals surface area contributed by atoms with Crippen LogP contribution in [0, 0.1) is 6.92 Å². The molecule has 1 aromatic carbocycles. The molecule has 0 spiro atoms. The SMILES string of the molecule is COc1cccc(/C=N/NC(=O)c2ccc(C)nc2)c1OC. The molecule has 1 aromatic heterocycles. The van der Waals surface area contributed by atoms with Gasteiger partial charge in [0.05, 0.1) is 26.0 Å². The van der Waals surface area contributed by atoms with Crippen molar-refractivity contribution in [3.63, 3.8) is 0 Å². The second-order valence-corrected chi connectivity index (χ2v) is 4.47. The van der Waals surface area contributed by atoms with Gasteiger partial charge in [0.2, 0.25) is 0 Å². The van der Waals surface area contributed by atoms with Crippen LogP contribution in [0.1, 0.15) is 21.6 Å². The minimum atomic E-state index is -0.328. The minimum absolute atomic E-state index is 0.328. The van der Waals surface area contributed by atoms with E-state index in [1.165, 1.54) is 12.4 Å².